The lowest BCUT2D eigenvalue weighted by Gasteiger charge is -2.28. The van der Waals surface area contributed by atoms with Crippen LogP contribution < -0.4 is 5.32 Å². The van der Waals surface area contributed by atoms with Gasteiger partial charge in [0.15, 0.2) is 0 Å². The van der Waals surface area contributed by atoms with Crippen LogP contribution in [0.3, 0.4) is 0 Å². The predicted octanol–water partition coefficient (Wildman–Crippen LogP) is 3.39. The molecule has 2 rings (SSSR count). The Morgan fingerprint density at radius 2 is 1.78 bits per heavy atom. The minimum atomic E-state index is -4.38. The van der Waals surface area contributed by atoms with Crippen molar-refractivity contribution in [3.63, 3.8) is 0 Å². The molecule has 1 amide bonds. The third-order valence-corrected chi connectivity index (χ3v) is 3.86. The number of carbonyl (C=O) groups is 1. The van der Waals surface area contributed by atoms with E-state index in [-0.39, 0.29) is 31.3 Å². The topological polar surface area (TPSA) is 32.3 Å². The van der Waals surface area contributed by atoms with Gasteiger partial charge in [-0.05, 0) is 37.4 Å². The van der Waals surface area contributed by atoms with E-state index in [9.17, 15) is 18.0 Å². The maximum Gasteiger partial charge on any atom is 0.406 e. The second-order valence-corrected chi connectivity index (χ2v) is 5.75. The first-order valence-electron chi connectivity index (χ1n) is 7.53. The molecule has 23 heavy (non-hydrogen) atoms. The number of hydrogen-bond donors (Lipinski definition) is 1. The van der Waals surface area contributed by atoms with Gasteiger partial charge in [0.05, 0.1) is 0 Å². The van der Waals surface area contributed by atoms with Gasteiger partial charge in [-0.3, -0.25) is 4.79 Å². The molecule has 1 aliphatic heterocycles. The molecule has 1 aromatic carbocycles. The first-order valence-corrected chi connectivity index (χ1v) is 7.53. The Morgan fingerprint density at radius 3 is 2.35 bits per heavy atom. The van der Waals surface area contributed by atoms with Crippen LogP contribution in [0.2, 0.25) is 0 Å². The number of halogens is 4. The molecule has 0 radical (unpaired) electrons. The van der Waals surface area contributed by atoms with Crippen LogP contribution in [0.5, 0.6) is 0 Å². The van der Waals surface area contributed by atoms with Crippen molar-refractivity contribution in [2.75, 3.05) is 19.6 Å². The number of piperidine rings is 1. The Kier molecular flexibility index (Phi) is 7.85. The SMILES string of the molecule is Cl.O=C(CC1CCNCC1)N(Cc1ccccc1)CC(F)(F)F. The van der Waals surface area contributed by atoms with E-state index < -0.39 is 18.6 Å². The van der Waals surface area contributed by atoms with Gasteiger partial charge in [-0.25, -0.2) is 0 Å². The van der Waals surface area contributed by atoms with Crippen LogP contribution in [0.1, 0.15) is 24.8 Å². The molecule has 1 aliphatic rings. The second kappa shape index (κ2) is 9.13. The van der Waals surface area contributed by atoms with Gasteiger partial charge in [-0.1, -0.05) is 30.3 Å². The second-order valence-electron chi connectivity index (χ2n) is 5.75. The molecule has 130 valence electrons. The molecular weight excluding hydrogens is 329 g/mol. The van der Waals surface area contributed by atoms with Crippen LogP contribution >= 0.6 is 12.4 Å². The molecule has 1 fully saturated rings. The van der Waals surface area contributed by atoms with E-state index in [4.69, 9.17) is 0 Å². The van der Waals surface area contributed by atoms with E-state index >= 15 is 0 Å². The zero-order chi connectivity index (χ0) is 16.0. The molecule has 0 aliphatic carbocycles. The number of rotatable bonds is 5. The zero-order valence-corrected chi connectivity index (χ0v) is 13.6. The first-order chi connectivity index (χ1) is 10.4. The first kappa shape index (κ1) is 19.8. The average molecular weight is 351 g/mol. The minimum absolute atomic E-state index is 0. The lowest BCUT2D eigenvalue weighted by atomic mass is 9.94. The molecule has 0 bridgehead atoms. The maximum absolute atomic E-state index is 12.7. The van der Waals surface area contributed by atoms with Crippen LogP contribution in [0, 0.1) is 5.92 Å². The van der Waals surface area contributed by atoms with Gasteiger partial charge in [-0.2, -0.15) is 13.2 Å². The fourth-order valence-corrected chi connectivity index (χ4v) is 2.71. The summed E-state index contributed by atoms with van der Waals surface area (Å²) in [5, 5.41) is 3.19. The lowest BCUT2D eigenvalue weighted by molar-refractivity contribution is -0.163. The zero-order valence-electron chi connectivity index (χ0n) is 12.8. The smallest absolute Gasteiger partial charge is 0.329 e. The summed E-state index contributed by atoms with van der Waals surface area (Å²) in [5.74, 6) is -0.228. The van der Waals surface area contributed by atoms with Crippen molar-refractivity contribution in [3.05, 3.63) is 35.9 Å². The summed E-state index contributed by atoms with van der Waals surface area (Å²) in [4.78, 5) is 13.2. The molecule has 3 nitrogen and oxygen atoms in total. The third-order valence-electron chi connectivity index (χ3n) is 3.86. The summed E-state index contributed by atoms with van der Waals surface area (Å²) in [6.07, 6.45) is -2.49. The van der Waals surface area contributed by atoms with Gasteiger partial charge in [0.2, 0.25) is 5.91 Å². The average Bonchev–Trinajstić information content (AvgIpc) is 2.47. The molecule has 0 aromatic heterocycles. The molecule has 1 aromatic rings. The Labute approximate surface area is 140 Å². The number of amides is 1. The monoisotopic (exact) mass is 350 g/mol. The fourth-order valence-electron chi connectivity index (χ4n) is 2.71. The van der Waals surface area contributed by atoms with E-state index in [0.29, 0.717) is 5.56 Å². The summed E-state index contributed by atoms with van der Waals surface area (Å²) < 4.78 is 38.2. The highest BCUT2D eigenvalue weighted by Crippen LogP contribution is 2.22. The van der Waals surface area contributed by atoms with Crippen molar-refractivity contribution < 1.29 is 18.0 Å². The largest absolute Gasteiger partial charge is 0.406 e. The molecule has 0 unspecified atom stereocenters. The number of nitrogens with zero attached hydrogens (tertiary/aromatic N) is 1. The summed E-state index contributed by atoms with van der Waals surface area (Å²) >= 11 is 0. The normalized spacial score (nSPS) is 15.8. The number of hydrogen-bond acceptors (Lipinski definition) is 2. The number of benzene rings is 1. The van der Waals surface area contributed by atoms with Crippen molar-refractivity contribution in [2.24, 2.45) is 5.92 Å². The van der Waals surface area contributed by atoms with Gasteiger partial charge in [0, 0.05) is 13.0 Å². The molecular formula is C16H22ClF3N2O. The van der Waals surface area contributed by atoms with Crippen LogP contribution in [0.25, 0.3) is 0 Å². The Balaban J connectivity index is 0.00000264. The van der Waals surface area contributed by atoms with Crippen molar-refractivity contribution in [1.29, 1.82) is 0 Å². The molecule has 0 spiro atoms. The highest BCUT2D eigenvalue weighted by Gasteiger charge is 2.33. The summed E-state index contributed by atoms with van der Waals surface area (Å²) in [7, 11) is 0. The fraction of sp³-hybridized carbons (Fsp3) is 0.562. The number of carbonyl (C=O) groups excluding carboxylic acids is 1. The Hall–Kier alpha value is -1.27. The Bertz CT molecular complexity index is 476. The lowest BCUT2D eigenvalue weighted by Crippen LogP contribution is -2.40. The van der Waals surface area contributed by atoms with Gasteiger partial charge >= 0.3 is 6.18 Å². The number of alkyl halides is 3. The quantitative estimate of drug-likeness (QED) is 0.882. The van der Waals surface area contributed by atoms with E-state index in [1.54, 1.807) is 30.3 Å². The number of nitrogens with one attached hydrogen (secondary N) is 1. The van der Waals surface area contributed by atoms with Crippen molar-refractivity contribution in [1.82, 2.24) is 10.2 Å². The summed E-state index contributed by atoms with van der Waals surface area (Å²) in [6, 6.07) is 8.80. The molecule has 0 saturated carbocycles. The van der Waals surface area contributed by atoms with Crippen molar-refractivity contribution >= 4 is 18.3 Å². The minimum Gasteiger partial charge on any atom is -0.329 e. The highest BCUT2D eigenvalue weighted by atomic mass is 35.5. The highest BCUT2D eigenvalue weighted by molar-refractivity contribution is 5.85. The standard InChI is InChI=1S/C16H21F3N2O.ClH/c17-16(18,19)12-21(11-14-4-2-1-3-5-14)15(22)10-13-6-8-20-9-7-13;/h1-5,13,20H,6-12H2;1H. The van der Waals surface area contributed by atoms with Crippen LogP contribution in [0.15, 0.2) is 30.3 Å². The summed E-state index contributed by atoms with van der Waals surface area (Å²) in [6.45, 7) is 0.474. The van der Waals surface area contributed by atoms with E-state index in [0.717, 1.165) is 30.8 Å². The molecule has 0 atom stereocenters. The Morgan fingerprint density at radius 1 is 1.17 bits per heavy atom. The van der Waals surface area contributed by atoms with E-state index in [2.05, 4.69) is 5.32 Å². The van der Waals surface area contributed by atoms with Gasteiger partial charge in [0.1, 0.15) is 6.54 Å². The van der Waals surface area contributed by atoms with E-state index in [1.165, 1.54) is 0 Å². The molecule has 1 N–H and O–H groups in total. The van der Waals surface area contributed by atoms with Crippen LogP contribution in [-0.4, -0.2) is 36.6 Å². The molecule has 1 heterocycles. The molecule has 1 saturated heterocycles. The van der Waals surface area contributed by atoms with Crippen molar-refractivity contribution in [2.45, 2.75) is 32.0 Å². The maximum atomic E-state index is 12.7. The third kappa shape index (κ3) is 7.22. The summed E-state index contributed by atoms with van der Waals surface area (Å²) in [5.41, 5.74) is 0.713. The van der Waals surface area contributed by atoms with Gasteiger partial charge in [-0.15, -0.1) is 12.4 Å². The van der Waals surface area contributed by atoms with Gasteiger partial charge < -0.3 is 10.2 Å². The van der Waals surface area contributed by atoms with E-state index in [1.807, 2.05) is 0 Å². The molecule has 7 heteroatoms. The van der Waals surface area contributed by atoms with Crippen molar-refractivity contribution in [3.8, 4) is 0 Å². The predicted molar refractivity (Wildman–Crippen MR) is 85.4 cm³/mol. The van der Waals surface area contributed by atoms with Gasteiger partial charge in [0.25, 0.3) is 0 Å². The van der Waals surface area contributed by atoms with Crippen LogP contribution in [-0.2, 0) is 11.3 Å². The van der Waals surface area contributed by atoms with Crippen LogP contribution in [0.4, 0.5) is 13.2 Å².